The maximum absolute atomic E-state index is 10.5. The number of ether oxygens (including phenoxy) is 1. The number of benzene rings is 1. The van der Waals surface area contributed by atoms with Crippen molar-refractivity contribution in [2.45, 2.75) is 122 Å². The lowest BCUT2D eigenvalue weighted by Crippen LogP contribution is -2.12. The van der Waals surface area contributed by atoms with Crippen molar-refractivity contribution in [3.05, 3.63) is 34.9 Å². The lowest BCUT2D eigenvalue weighted by Gasteiger charge is -2.12. The summed E-state index contributed by atoms with van der Waals surface area (Å²) in [7, 11) is 0. The quantitative estimate of drug-likeness (QED) is 0.213. The summed E-state index contributed by atoms with van der Waals surface area (Å²) in [6, 6.07) is 7.21. The van der Waals surface area contributed by atoms with Crippen molar-refractivity contribution in [1.82, 2.24) is 0 Å². The molecular formula is C27H42O2. The third kappa shape index (κ3) is 8.15. The van der Waals surface area contributed by atoms with Crippen LogP contribution in [0.25, 0.3) is 0 Å². The molecule has 0 N–H and O–H groups in total. The fourth-order valence-electron chi connectivity index (χ4n) is 4.73. The van der Waals surface area contributed by atoms with E-state index in [-0.39, 0.29) is 5.60 Å². The Morgan fingerprint density at radius 1 is 0.793 bits per heavy atom. The van der Waals surface area contributed by atoms with Gasteiger partial charge in [-0.25, -0.2) is 0 Å². The zero-order chi connectivity index (χ0) is 20.6. The second-order valence-electron chi connectivity index (χ2n) is 10.4. The van der Waals surface area contributed by atoms with Gasteiger partial charge in [-0.15, -0.1) is 0 Å². The molecule has 2 fully saturated rings. The minimum atomic E-state index is -0.0664. The van der Waals surface area contributed by atoms with Gasteiger partial charge in [0.15, 0.2) is 0 Å². The molecule has 2 heteroatoms. The number of carbonyl (C=O) groups excluding carboxylic acids is 1. The van der Waals surface area contributed by atoms with E-state index in [0.717, 1.165) is 24.7 Å². The zero-order valence-corrected chi connectivity index (χ0v) is 18.9. The maximum Gasteiger partial charge on any atom is 0.293 e. The van der Waals surface area contributed by atoms with Crippen molar-refractivity contribution in [3.8, 4) is 0 Å². The number of aryl methyl sites for hydroxylation is 3. The summed E-state index contributed by atoms with van der Waals surface area (Å²) < 4.78 is 5.23. The molecule has 0 unspecified atom stereocenters. The van der Waals surface area contributed by atoms with E-state index in [1.807, 2.05) is 0 Å². The van der Waals surface area contributed by atoms with Crippen LogP contribution in [0.4, 0.5) is 0 Å². The molecule has 0 aliphatic heterocycles. The molecule has 2 saturated carbocycles. The summed E-state index contributed by atoms with van der Waals surface area (Å²) >= 11 is 0. The lowest BCUT2D eigenvalue weighted by molar-refractivity contribution is -0.135. The first-order valence-corrected chi connectivity index (χ1v) is 12.2. The molecule has 0 radical (unpaired) electrons. The number of rotatable bonds is 16. The van der Waals surface area contributed by atoms with Gasteiger partial charge in [0, 0.05) is 0 Å². The minimum absolute atomic E-state index is 0.0664. The smallest absolute Gasteiger partial charge is 0.293 e. The molecule has 1 aromatic rings. The molecular weight excluding hydrogens is 356 g/mol. The van der Waals surface area contributed by atoms with Gasteiger partial charge in [0.2, 0.25) is 0 Å². The highest BCUT2D eigenvalue weighted by atomic mass is 16.5. The molecule has 2 nitrogen and oxygen atoms in total. The molecule has 0 spiro atoms. The summed E-state index contributed by atoms with van der Waals surface area (Å²) in [5, 5.41) is 0. The number of hydrogen-bond acceptors (Lipinski definition) is 2. The molecule has 2 aliphatic carbocycles. The van der Waals surface area contributed by atoms with Gasteiger partial charge in [-0.2, -0.15) is 0 Å². The number of unbranched alkanes of at least 4 members (excludes halogenated alkanes) is 6. The van der Waals surface area contributed by atoms with E-state index in [0.29, 0.717) is 6.47 Å². The van der Waals surface area contributed by atoms with Gasteiger partial charge in [0.05, 0.1) is 0 Å². The monoisotopic (exact) mass is 398 g/mol. The molecule has 2 aliphatic rings. The Balaban J connectivity index is 1.26. The summed E-state index contributed by atoms with van der Waals surface area (Å²) in [6.07, 6.45) is 20.6. The van der Waals surface area contributed by atoms with Gasteiger partial charge >= 0.3 is 0 Å². The second-order valence-corrected chi connectivity index (χ2v) is 10.4. The predicted molar refractivity (Wildman–Crippen MR) is 121 cm³/mol. The van der Waals surface area contributed by atoms with Crippen molar-refractivity contribution < 1.29 is 9.53 Å². The normalized spacial score (nSPS) is 18.4. The lowest BCUT2D eigenvalue weighted by atomic mass is 9.96. The standard InChI is InChI=1S/C27H42O2/c1-23-19-24(11-7-3-5-9-13-26(2)15-16-26)21-25(20-23)12-8-4-6-10-14-27(17-18-27)29-22-28/h19-22H,3-18H2,1-2H3. The molecule has 3 rings (SSSR count). The molecule has 0 heterocycles. The van der Waals surface area contributed by atoms with Crippen molar-refractivity contribution in [1.29, 1.82) is 0 Å². The highest BCUT2D eigenvalue weighted by molar-refractivity contribution is 5.39. The second kappa shape index (κ2) is 10.6. The van der Waals surface area contributed by atoms with Crippen LogP contribution in [-0.2, 0) is 22.4 Å². The van der Waals surface area contributed by atoms with Crippen molar-refractivity contribution in [3.63, 3.8) is 0 Å². The molecule has 0 bridgehead atoms. The summed E-state index contributed by atoms with van der Waals surface area (Å²) in [6.45, 7) is 5.33. The summed E-state index contributed by atoms with van der Waals surface area (Å²) in [5.41, 5.74) is 5.14. The van der Waals surface area contributed by atoms with E-state index in [2.05, 4.69) is 32.0 Å². The van der Waals surface area contributed by atoms with Gasteiger partial charge in [0.1, 0.15) is 5.60 Å². The van der Waals surface area contributed by atoms with Crippen LogP contribution >= 0.6 is 0 Å². The van der Waals surface area contributed by atoms with E-state index in [1.165, 1.54) is 100 Å². The predicted octanol–water partition coefficient (Wildman–Crippen LogP) is 7.49. The fourth-order valence-corrected chi connectivity index (χ4v) is 4.73. The Labute approximate surface area is 178 Å². The van der Waals surface area contributed by atoms with E-state index < -0.39 is 0 Å². The van der Waals surface area contributed by atoms with Gasteiger partial charge in [-0.05, 0) is 94.1 Å². The van der Waals surface area contributed by atoms with E-state index in [1.54, 1.807) is 0 Å². The molecule has 0 saturated heterocycles. The average molecular weight is 399 g/mol. The Bertz CT molecular complexity index is 640. The van der Waals surface area contributed by atoms with Gasteiger partial charge in [0.25, 0.3) is 6.47 Å². The zero-order valence-electron chi connectivity index (χ0n) is 18.9. The highest BCUT2D eigenvalue weighted by Crippen LogP contribution is 2.49. The van der Waals surface area contributed by atoms with Gasteiger partial charge < -0.3 is 4.74 Å². The van der Waals surface area contributed by atoms with Crippen LogP contribution in [0, 0.1) is 12.3 Å². The van der Waals surface area contributed by atoms with Crippen LogP contribution in [0.2, 0.25) is 0 Å². The molecule has 162 valence electrons. The Morgan fingerprint density at radius 2 is 1.34 bits per heavy atom. The van der Waals surface area contributed by atoms with Crippen LogP contribution in [0.15, 0.2) is 18.2 Å². The average Bonchev–Trinajstić information content (AvgIpc) is 3.60. The SMILES string of the molecule is Cc1cc(CCCCCCC2(C)CC2)cc(CCCCCCC2(OC=O)CC2)c1. The summed E-state index contributed by atoms with van der Waals surface area (Å²) in [5.74, 6) is 0. The van der Waals surface area contributed by atoms with Gasteiger partial charge in [-0.3, -0.25) is 4.79 Å². The molecule has 0 amide bonds. The first-order chi connectivity index (χ1) is 14.0. The Kier molecular flexibility index (Phi) is 8.21. The van der Waals surface area contributed by atoms with Crippen LogP contribution in [0.5, 0.6) is 0 Å². The van der Waals surface area contributed by atoms with E-state index in [4.69, 9.17) is 4.74 Å². The molecule has 1 aromatic carbocycles. The van der Waals surface area contributed by atoms with Crippen molar-refractivity contribution in [2.75, 3.05) is 0 Å². The van der Waals surface area contributed by atoms with Crippen LogP contribution < -0.4 is 0 Å². The van der Waals surface area contributed by atoms with Crippen LogP contribution in [-0.4, -0.2) is 12.1 Å². The van der Waals surface area contributed by atoms with Gasteiger partial charge in [-0.1, -0.05) is 62.8 Å². The largest absolute Gasteiger partial charge is 0.461 e. The Morgan fingerprint density at radius 3 is 1.86 bits per heavy atom. The van der Waals surface area contributed by atoms with Crippen molar-refractivity contribution in [2.24, 2.45) is 5.41 Å². The minimum Gasteiger partial charge on any atom is -0.461 e. The summed E-state index contributed by atoms with van der Waals surface area (Å²) in [4.78, 5) is 10.5. The first kappa shape index (κ1) is 22.4. The van der Waals surface area contributed by atoms with Crippen molar-refractivity contribution >= 4 is 6.47 Å². The molecule has 0 aromatic heterocycles. The Hall–Kier alpha value is -1.31. The molecule has 29 heavy (non-hydrogen) atoms. The molecule has 0 atom stereocenters. The topological polar surface area (TPSA) is 26.3 Å². The third-order valence-electron chi connectivity index (χ3n) is 7.25. The maximum atomic E-state index is 10.5. The fraction of sp³-hybridized carbons (Fsp3) is 0.741. The van der Waals surface area contributed by atoms with Crippen LogP contribution in [0.1, 0.15) is 114 Å². The first-order valence-electron chi connectivity index (χ1n) is 12.2. The third-order valence-corrected chi connectivity index (χ3v) is 7.25. The number of carbonyl (C=O) groups is 1. The highest BCUT2D eigenvalue weighted by Gasteiger charge is 2.44. The van der Waals surface area contributed by atoms with E-state index >= 15 is 0 Å². The van der Waals surface area contributed by atoms with E-state index in [9.17, 15) is 4.79 Å². The number of hydrogen-bond donors (Lipinski definition) is 0. The van der Waals surface area contributed by atoms with Crippen LogP contribution in [0.3, 0.4) is 0 Å².